The van der Waals surface area contributed by atoms with E-state index in [-0.39, 0.29) is 0 Å². The predicted molar refractivity (Wildman–Crippen MR) is 49.8 cm³/mol. The lowest BCUT2D eigenvalue weighted by molar-refractivity contribution is 0.782. The number of hydrogen-bond donors (Lipinski definition) is 0. The fourth-order valence-corrected chi connectivity index (χ4v) is 1.55. The van der Waals surface area contributed by atoms with Gasteiger partial charge in [-0.05, 0) is 6.92 Å². The van der Waals surface area contributed by atoms with Gasteiger partial charge in [-0.3, -0.25) is 4.68 Å². The molecule has 0 aliphatic heterocycles. The Morgan fingerprint density at radius 3 is 3.00 bits per heavy atom. The standard InChI is InChI=1S/C8H8N6/c1-5-11-8-6-3-10-13(2)7(6)9-4-14(8)12-5/h3-4H,1-2H3. The van der Waals surface area contributed by atoms with E-state index in [4.69, 9.17) is 0 Å². The molecule has 0 unspecified atom stereocenters. The summed E-state index contributed by atoms with van der Waals surface area (Å²) in [6.45, 7) is 1.86. The second-order valence-corrected chi connectivity index (χ2v) is 3.18. The molecule has 0 atom stereocenters. The van der Waals surface area contributed by atoms with Gasteiger partial charge in [0.05, 0.1) is 11.6 Å². The highest BCUT2D eigenvalue weighted by molar-refractivity contribution is 5.88. The molecule has 3 aromatic heterocycles. The SMILES string of the molecule is Cc1nc2c3cnn(C)c3ncn2n1. The third-order valence-corrected chi connectivity index (χ3v) is 2.17. The van der Waals surface area contributed by atoms with E-state index in [1.165, 1.54) is 0 Å². The summed E-state index contributed by atoms with van der Waals surface area (Å²) in [5.41, 5.74) is 1.63. The van der Waals surface area contributed by atoms with Gasteiger partial charge in [0.25, 0.3) is 0 Å². The maximum atomic E-state index is 4.31. The Labute approximate surface area is 79.2 Å². The van der Waals surface area contributed by atoms with E-state index in [0.29, 0.717) is 0 Å². The molecule has 0 radical (unpaired) electrons. The molecule has 0 N–H and O–H groups in total. The average Bonchev–Trinajstić information content (AvgIpc) is 2.68. The lowest BCUT2D eigenvalue weighted by atomic mass is 10.4. The molecular weight excluding hydrogens is 180 g/mol. The first-order valence-corrected chi connectivity index (χ1v) is 4.25. The van der Waals surface area contributed by atoms with Crippen molar-refractivity contribution in [2.24, 2.45) is 7.05 Å². The summed E-state index contributed by atoms with van der Waals surface area (Å²) in [5, 5.41) is 9.23. The summed E-state index contributed by atoms with van der Waals surface area (Å²) in [5.74, 6) is 0.739. The van der Waals surface area contributed by atoms with Crippen LogP contribution in [0, 0.1) is 6.92 Å². The Bertz CT molecular complexity index is 619. The third kappa shape index (κ3) is 0.795. The minimum Gasteiger partial charge on any atom is -0.250 e. The average molecular weight is 188 g/mol. The number of aryl methyl sites for hydroxylation is 2. The van der Waals surface area contributed by atoms with E-state index in [9.17, 15) is 0 Å². The van der Waals surface area contributed by atoms with Gasteiger partial charge in [-0.15, -0.1) is 0 Å². The Kier molecular flexibility index (Phi) is 1.21. The van der Waals surface area contributed by atoms with Gasteiger partial charge in [0.15, 0.2) is 11.3 Å². The topological polar surface area (TPSA) is 60.9 Å². The van der Waals surface area contributed by atoms with Crippen molar-refractivity contribution in [2.75, 3.05) is 0 Å². The fourth-order valence-electron chi connectivity index (χ4n) is 1.55. The van der Waals surface area contributed by atoms with Crippen molar-refractivity contribution in [3.05, 3.63) is 18.3 Å². The summed E-state index contributed by atoms with van der Waals surface area (Å²) in [6, 6.07) is 0. The van der Waals surface area contributed by atoms with E-state index in [0.717, 1.165) is 22.5 Å². The molecule has 0 spiro atoms. The molecule has 6 nitrogen and oxygen atoms in total. The molecule has 3 heterocycles. The first-order chi connectivity index (χ1) is 6.75. The van der Waals surface area contributed by atoms with Gasteiger partial charge in [-0.2, -0.15) is 10.2 Å². The van der Waals surface area contributed by atoms with Crippen molar-refractivity contribution in [1.82, 2.24) is 29.4 Å². The second-order valence-electron chi connectivity index (χ2n) is 3.18. The molecule has 70 valence electrons. The molecule has 3 aromatic rings. The van der Waals surface area contributed by atoms with Gasteiger partial charge in [0, 0.05) is 7.05 Å². The quantitative estimate of drug-likeness (QED) is 0.509. The van der Waals surface area contributed by atoms with Crippen LogP contribution in [0.25, 0.3) is 16.7 Å². The highest BCUT2D eigenvalue weighted by atomic mass is 15.3. The summed E-state index contributed by atoms with van der Waals surface area (Å²) in [6.07, 6.45) is 3.41. The van der Waals surface area contributed by atoms with Crippen molar-refractivity contribution < 1.29 is 0 Å². The molecule has 0 saturated heterocycles. The van der Waals surface area contributed by atoms with Crippen LogP contribution >= 0.6 is 0 Å². The van der Waals surface area contributed by atoms with Crippen LogP contribution in [0.2, 0.25) is 0 Å². The molecule has 0 saturated carbocycles. The van der Waals surface area contributed by atoms with Gasteiger partial charge >= 0.3 is 0 Å². The summed E-state index contributed by atoms with van der Waals surface area (Å²) in [4.78, 5) is 8.56. The fraction of sp³-hybridized carbons (Fsp3) is 0.250. The van der Waals surface area contributed by atoms with Crippen molar-refractivity contribution in [3.8, 4) is 0 Å². The van der Waals surface area contributed by atoms with Gasteiger partial charge in [0.2, 0.25) is 0 Å². The van der Waals surface area contributed by atoms with Crippen LogP contribution in [0.15, 0.2) is 12.5 Å². The van der Waals surface area contributed by atoms with Gasteiger partial charge in [-0.1, -0.05) is 0 Å². The maximum Gasteiger partial charge on any atom is 0.170 e. The third-order valence-electron chi connectivity index (χ3n) is 2.17. The van der Waals surface area contributed by atoms with Crippen molar-refractivity contribution in [1.29, 1.82) is 0 Å². The molecule has 14 heavy (non-hydrogen) atoms. The highest BCUT2D eigenvalue weighted by Gasteiger charge is 2.08. The Balaban J connectivity index is 2.60. The summed E-state index contributed by atoms with van der Waals surface area (Å²) in [7, 11) is 1.86. The van der Waals surface area contributed by atoms with E-state index < -0.39 is 0 Å². The Morgan fingerprint density at radius 1 is 1.29 bits per heavy atom. The molecular formula is C8H8N6. The normalized spacial score (nSPS) is 11.6. The predicted octanol–water partition coefficient (Wildman–Crippen LogP) is 0.319. The van der Waals surface area contributed by atoms with Crippen molar-refractivity contribution >= 4 is 16.7 Å². The zero-order valence-electron chi connectivity index (χ0n) is 7.84. The van der Waals surface area contributed by atoms with Crippen molar-refractivity contribution in [3.63, 3.8) is 0 Å². The largest absolute Gasteiger partial charge is 0.250 e. The lowest BCUT2D eigenvalue weighted by Gasteiger charge is -1.93. The number of fused-ring (bicyclic) bond motifs is 3. The zero-order chi connectivity index (χ0) is 9.71. The van der Waals surface area contributed by atoms with Crippen LogP contribution in [-0.4, -0.2) is 29.4 Å². The molecule has 6 heteroatoms. The van der Waals surface area contributed by atoms with E-state index >= 15 is 0 Å². The number of rotatable bonds is 0. The van der Waals surface area contributed by atoms with Crippen LogP contribution in [0.1, 0.15) is 5.82 Å². The molecule has 3 rings (SSSR count). The van der Waals surface area contributed by atoms with Gasteiger partial charge in [0.1, 0.15) is 12.2 Å². The van der Waals surface area contributed by atoms with Crippen molar-refractivity contribution in [2.45, 2.75) is 6.92 Å². The maximum absolute atomic E-state index is 4.31. The number of hydrogen-bond acceptors (Lipinski definition) is 4. The number of nitrogens with zero attached hydrogens (tertiary/aromatic N) is 6. The van der Waals surface area contributed by atoms with Gasteiger partial charge in [-0.25, -0.2) is 14.5 Å². The Morgan fingerprint density at radius 2 is 2.14 bits per heavy atom. The summed E-state index contributed by atoms with van der Waals surface area (Å²) >= 11 is 0. The highest BCUT2D eigenvalue weighted by Crippen LogP contribution is 2.14. The molecule has 0 fully saturated rings. The zero-order valence-corrected chi connectivity index (χ0v) is 7.84. The van der Waals surface area contributed by atoms with Crippen LogP contribution in [0.5, 0.6) is 0 Å². The first kappa shape index (κ1) is 7.43. The van der Waals surface area contributed by atoms with Crippen LogP contribution in [0.3, 0.4) is 0 Å². The van der Waals surface area contributed by atoms with E-state index in [2.05, 4.69) is 20.2 Å². The molecule has 0 bridgehead atoms. The smallest absolute Gasteiger partial charge is 0.170 e. The van der Waals surface area contributed by atoms with Crippen LogP contribution in [0.4, 0.5) is 0 Å². The van der Waals surface area contributed by atoms with Crippen LogP contribution in [-0.2, 0) is 7.05 Å². The van der Waals surface area contributed by atoms with Gasteiger partial charge < -0.3 is 0 Å². The minimum absolute atomic E-state index is 0.739. The molecule has 0 aliphatic rings. The molecule has 0 aromatic carbocycles. The summed E-state index contributed by atoms with van der Waals surface area (Å²) < 4.78 is 3.39. The number of aromatic nitrogens is 6. The van der Waals surface area contributed by atoms with Crippen LogP contribution < -0.4 is 0 Å². The molecule has 0 aliphatic carbocycles. The second kappa shape index (κ2) is 2.28. The van der Waals surface area contributed by atoms with E-state index in [1.807, 2.05) is 14.0 Å². The lowest BCUT2D eigenvalue weighted by Crippen LogP contribution is -1.94. The minimum atomic E-state index is 0.739. The Hall–Kier alpha value is -1.98. The monoisotopic (exact) mass is 188 g/mol. The van der Waals surface area contributed by atoms with E-state index in [1.54, 1.807) is 21.7 Å². The molecule has 0 amide bonds. The first-order valence-electron chi connectivity index (χ1n) is 4.25.